The molecule has 0 saturated heterocycles. The molecule has 0 radical (unpaired) electrons. The van der Waals surface area contributed by atoms with E-state index in [0.717, 1.165) is 31.1 Å². The van der Waals surface area contributed by atoms with Crippen molar-refractivity contribution >= 4 is 0 Å². The molecule has 0 amide bonds. The summed E-state index contributed by atoms with van der Waals surface area (Å²) in [7, 11) is 0. The summed E-state index contributed by atoms with van der Waals surface area (Å²) in [5.41, 5.74) is -0.271. The van der Waals surface area contributed by atoms with Crippen molar-refractivity contribution in [1.82, 2.24) is 0 Å². The van der Waals surface area contributed by atoms with Gasteiger partial charge in [-0.1, -0.05) is 32.6 Å². The molecule has 0 aromatic heterocycles. The highest BCUT2D eigenvalue weighted by Crippen LogP contribution is 2.41. The van der Waals surface area contributed by atoms with Crippen LogP contribution in [0.3, 0.4) is 0 Å². The van der Waals surface area contributed by atoms with Crippen LogP contribution < -0.4 is 0 Å². The van der Waals surface area contributed by atoms with E-state index in [1.807, 2.05) is 0 Å². The van der Waals surface area contributed by atoms with Crippen LogP contribution in [-0.4, -0.2) is 10.7 Å². The largest absolute Gasteiger partial charge is 0.390 e. The minimum atomic E-state index is -0.271. The van der Waals surface area contributed by atoms with Crippen LogP contribution in [0.4, 0.5) is 0 Å². The molecule has 88 valence electrons. The molecule has 0 heterocycles. The second-order valence-electron chi connectivity index (χ2n) is 5.94. The van der Waals surface area contributed by atoms with Gasteiger partial charge in [0, 0.05) is 0 Å². The van der Waals surface area contributed by atoms with Crippen LogP contribution in [0.25, 0.3) is 0 Å². The van der Waals surface area contributed by atoms with Crippen molar-refractivity contribution < 1.29 is 5.11 Å². The Morgan fingerprint density at radius 3 is 2.13 bits per heavy atom. The molecular formula is C14H26O. The van der Waals surface area contributed by atoms with Gasteiger partial charge >= 0.3 is 0 Å². The topological polar surface area (TPSA) is 20.2 Å². The van der Waals surface area contributed by atoms with Crippen molar-refractivity contribution in [3.05, 3.63) is 0 Å². The fourth-order valence-electron chi connectivity index (χ4n) is 3.04. The lowest BCUT2D eigenvalue weighted by Crippen LogP contribution is -2.34. The minimum Gasteiger partial charge on any atom is -0.390 e. The predicted octanol–water partition coefficient (Wildman–Crippen LogP) is 3.90. The van der Waals surface area contributed by atoms with Crippen LogP contribution in [0.2, 0.25) is 0 Å². The van der Waals surface area contributed by atoms with Crippen molar-refractivity contribution in [3.8, 4) is 0 Å². The first-order chi connectivity index (χ1) is 7.22. The van der Waals surface area contributed by atoms with Crippen molar-refractivity contribution in [3.63, 3.8) is 0 Å². The van der Waals surface area contributed by atoms with Crippen molar-refractivity contribution in [1.29, 1.82) is 0 Å². The molecule has 2 saturated carbocycles. The van der Waals surface area contributed by atoms with Gasteiger partial charge in [-0.05, 0) is 50.4 Å². The SMILES string of the molecule is CCCC1CCC(O)(CCC2CC2)CC1. The first-order valence-corrected chi connectivity index (χ1v) is 6.94. The second-order valence-corrected chi connectivity index (χ2v) is 5.94. The third kappa shape index (κ3) is 3.48. The van der Waals surface area contributed by atoms with Gasteiger partial charge in [-0.3, -0.25) is 0 Å². The summed E-state index contributed by atoms with van der Waals surface area (Å²) in [5.74, 6) is 1.89. The number of aliphatic hydroxyl groups is 1. The van der Waals surface area contributed by atoms with Gasteiger partial charge < -0.3 is 5.11 Å². The highest BCUT2D eigenvalue weighted by Gasteiger charge is 2.34. The maximum Gasteiger partial charge on any atom is 0.0648 e. The molecule has 2 aliphatic carbocycles. The van der Waals surface area contributed by atoms with Gasteiger partial charge in [-0.2, -0.15) is 0 Å². The van der Waals surface area contributed by atoms with E-state index in [9.17, 15) is 5.11 Å². The summed E-state index contributed by atoms with van der Waals surface area (Å²) in [6.45, 7) is 2.27. The summed E-state index contributed by atoms with van der Waals surface area (Å²) >= 11 is 0. The molecule has 2 rings (SSSR count). The summed E-state index contributed by atoms with van der Waals surface area (Å²) in [5, 5.41) is 10.4. The molecule has 0 aromatic rings. The molecule has 2 aliphatic rings. The van der Waals surface area contributed by atoms with E-state index in [1.54, 1.807) is 0 Å². The molecule has 0 aromatic carbocycles. The second kappa shape index (κ2) is 4.86. The molecule has 1 heteroatoms. The highest BCUT2D eigenvalue weighted by molar-refractivity contribution is 4.87. The Balaban J connectivity index is 1.69. The van der Waals surface area contributed by atoms with Crippen molar-refractivity contribution in [2.45, 2.75) is 76.7 Å². The zero-order chi connectivity index (χ0) is 10.7. The normalized spacial score (nSPS) is 36.8. The van der Waals surface area contributed by atoms with Gasteiger partial charge in [0.25, 0.3) is 0 Å². The van der Waals surface area contributed by atoms with Gasteiger partial charge in [-0.15, -0.1) is 0 Å². The molecule has 1 nitrogen and oxygen atoms in total. The summed E-state index contributed by atoms with van der Waals surface area (Å²) in [6.07, 6.45) is 12.6. The monoisotopic (exact) mass is 210 g/mol. The number of rotatable bonds is 5. The summed E-state index contributed by atoms with van der Waals surface area (Å²) < 4.78 is 0. The first-order valence-electron chi connectivity index (χ1n) is 6.94. The smallest absolute Gasteiger partial charge is 0.0648 e. The summed E-state index contributed by atoms with van der Waals surface area (Å²) in [4.78, 5) is 0. The third-order valence-corrected chi connectivity index (χ3v) is 4.45. The maximum atomic E-state index is 10.4. The van der Waals surface area contributed by atoms with Crippen LogP contribution in [0, 0.1) is 11.8 Å². The van der Waals surface area contributed by atoms with Crippen molar-refractivity contribution in [2.75, 3.05) is 0 Å². The standard InChI is InChI=1S/C14H26O/c1-2-3-12-6-9-14(15,10-7-12)11-8-13-4-5-13/h12-13,15H,2-11H2,1H3. The van der Waals surface area contributed by atoms with Gasteiger partial charge in [0.05, 0.1) is 5.60 Å². The van der Waals surface area contributed by atoms with Crippen molar-refractivity contribution in [2.24, 2.45) is 11.8 Å². The van der Waals surface area contributed by atoms with E-state index in [2.05, 4.69) is 6.92 Å². The quantitative estimate of drug-likeness (QED) is 0.729. The van der Waals surface area contributed by atoms with E-state index in [-0.39, 0.29) is 5.60 Å². The predicted molar refractivity (Wildman–Crippen MR) is 63.8 cm³/mol. The highest BCUT2D eigenvalue weighted by atomic mass is 16.3. The Morgan fingerprint density at radius 2 is 1.60 bits per heavy atom. The van der Waals surface area contributed by atoms with Crippen LogP contribution >= 0.6 is 0 Å². The van der Waals surface area contributed by atoms with Gasteiger partial charge in [-0.25, -0.2) is 0 Å². The average Bonchev–Trinajstić information content (AvgIpc) is 3.03. The zero-order valence-corrected chi connectivity index (χ0v) is 10.2. The van der Waals surface area contributed by atoms with E-state index >= 15 is 0 Å². The molecule has 0 spiro atoms. The molecule has 1 N–H and O–H groups in total. The van der Waals surface area contributed by atoms with Crippen LogP contribution in [0.15, 0.2) is 0 Å². The Labute approximate surface area is 94.3 Å². The Bertz CT molecular complexity index is 188. The van der Waals surface area contributed by atoms with Gasteiger partial charge in [0.2, 0.25) is 0 Å². The molecule has 15 heavy (non-hydrogen) atoms. The van der Waals surface area contributed by atoms with Crippen LogP contribution in [0.5, 0.6) is 0 Å². The van der Waals surface area contributed by atoms with Crippen LogP contribution in [-0.2, 0) is 0 Å². The fraction of sp³-hybridized carbons (Fsp3) is 1.00. The Kier molecular flexibility index (Phi) is 3.71. The number of hydrogen-bond acceptors (Lipinski definition) is 1. The van der Waals surface area contributed by atoms with E-state index in [0.29, 0.717) is 0 Å². The average molecular weight is 210 g/mol. The zero-order valence-electron chi connectivity index (χ0n) is 10.2. The molecule has 0 aliphatic heterocycles. The Hall–Kier alpha value is -0.0400. The van der Waals surface area contributed by atoms with E-state index in [1.165, 1.54) is 44.9 Å². The molecular weight excluding hydrogens is 184 g/mol. The third-order valence-electron chi connectivity index (χ3n) is 4.45. The maximum absolute atomic E-state index is 10.4. The van der Waals surface area contributed by atoms with E-state index < -0.39 is 0 Å². The molecule has 0 unspecified atom stereocenters. The molecule has 0 bridgehead atoms. The van der Waals surface area contributed by atoms with Crippen LogP contribution in [0.1, 0.15) is 71.1 Å². The fourth-order valence-corrected chi connectivity index (χ4v) is 3.04. The van der Waals surface area contributed by atoms with Gasteiger partial charge in [0.15, 0.2) is 0 Å². The minimum absolute atomic E-state index is 0.271. The molecule has 2 fully saturated rings. The number of hydrogen-bond donors (Lipinski definition) is 1. The lowest BCUT2D eigenvalue weighted by Gasteiger charge is -2.36. The Morgan fingerprint density at radius 1 is 1.00 bits per heavy atom. The first kappa shape index (κ1) is 11.4. The van der Waals surface area contributed by atoms with E-state index in [4.69, 9.17) is 0 Å². The lowest BCUT2D eigenvalue weighted by atomic mass is 9.75. The lowest BCUT2D eigenvalue weighted by molar-refractivity contribution is -0.0200. The van der Waals surface area contributed by atoms with Gasteiger partial charge in [0.1, 0.15) is 0 Å². The summed E-state index contributed by atoms with van der Waals surface area (Å²) in [6, 6.07) is 0. The molecule has 0 atom stereocenters.